The van der Waals surface area contributed by atoms with E-state index in [2.05, 4.69) is 12.0 Å². The van der Waals surface area contributed by atoms with Crippen LogP contribution in [-0.4, -0.2) is 14.9 Å². The van der Waals surface area contributed by atoms with Crippen LogP contribution in [0, 0.1) is 13.8 Å². The number of aliphatic hydroxyl groups is 1. The molecule has 0 saturated heterocycles. The van der Waals surface area contributed by atoms with E-state index in [0.717, 1.165) is 36.3 Å². The molecule has 72 valence electrons. The van der Waals surface area contributed by atoms with E-state index in [4.69, 9.17) is 0 Å². The maximum absolute atomic E-state index is 10.0. The van der Waals surface area contributed by atoms with Crippen molar-refractivity contribution >= 4 is 0 Å². The Morgan fingerprint density at radius 2 is 2.08 bits per heavy atom. The lowest BCUT2D eigenvalue weighted by Crippen LogP contribution is -2.08. The monoisotopic (exact) mass is 180 g/mol. The molecule has 1 aromatic heterocycles. The minimum Gasteiger partial charge on any atom is -0.385 e. The number of hydrogen-bond acceptors (Lipinski definition) is 2. The van der Waals surface area contributed by atoms with Crippen molar-refractivity contribution in [2.75, 3.05) is 0 Å². The van der Waals surface area contributed by atoms with Crippen LogP contribution in [0.2, 0.25) is 0 Å². The number of aryl methyl sites for hydroxylation is 2. The van der Waals surface area contributed by atoms with E-state index >= 15 is 0 Å². The largest absolute Gasteiger partial charge is 0.385 e. The average Bonchev–Trinajstić information content (AvgIpc) is 2.72. The minimum absolute atomic E-state index is 0.540. The highest BCUT2D eigenvalue weighted by Gasteiger charge is 2.45. The van der Waals surface area contributed by atoms with Crippen molar-refractivity contribution in [3.8, 4) is 0 Å². The SMILES string of the molecule is CCn1nc(C)c(C2(O)CC2)c1C. The van der Waals surface area contributed by atoms with Crippen molar-refractivity contribution in [3.63, 3.8) is 0 Å². The van der Waals surface area contributed by atoms with Crippen LogP contribution in [0.15, 0.2) is 0 Å². The molecule has 0 spiro atoms. The van der Waals surface area contributed by atoms with Crippen LogP contribution < -0.4 is 0 Å². The predicted octanol–water partition coefficient (Wildman–Crippen LogP) is 1.50. The predicted molar refractivity (Wildman–Crippen MR) is 50.5 cm³/mol. The van der Waals surface area contributed by atoms with Crippen molar-refractivity contribution in [2.24, 2.45) is 0 Å². The molecule has 0 amide bonds. The normalized spacial score (nSPS) is 19.1. The van der Waals surface area contributed by atoms with Crippen molar-refractivity contribution in [1.29, 1.82) is 0 Å². The molecule has 0 aliphatic heterocycles. The third-order valence-electron chi connectivity index (χ3n) is 2.87. The fraction of sp³-hybridized carbons (Fsp3) is 0.700. The summed E-state index contributed by atoms with van der Waals surface area (Å²) >= 11 is 0. The van der Waals surface area contributed by atoms with E-state index in [1.165, 1.54) is 0 Å². The van der Waals surface area contributed by atoms with Crippen LogP contribution in [0.1, 0.15) is 36.7 Å². The van der Waals surface area contributed by atoms with Crippen molar-refractivity contribution in [3.05, 3.63) is 17.0 Å². The zero-order valence-corrected chi connectivity index (χ0v) is 8.46. The van der Waals surface area contributed by atoms with E-state index in [1.807, 2.05) is 18.5 Å². The molecule has 1 aromatic rings. The van der Waals surface area contributed by atoms with E-state index in [9.17, 15) is 5.11 Å². The smallest absolute Gasteiger partial charge is 0.0934 e. The summed E-state index contributed by atoms with van der Waals surface area (Å²) in [6, 6.07) is 0. The van der Waals surface area contributed by atoms with Gasteiger partial charge < -0.3 is 5.11 Å². The maximum atomic E-state index is 10.0. The van der Waals surface area contributed by atoms with Crippen molar-refractivity contribution < 1.29 is 5.11 Å². The molecule has 2 rings (SSSR count). The molecular formula is C10H16N2O. The summed E-state index contributed by atoms with van der Waals surface area (Å²) in [5.41, 5.74) is 2.63. The summed E-state index contributed by atoms with van der Waals surface area (Å²) in [7, 11) is 0. The van der Waals surface area contributed by atoms with Crippen LogP contribution in [0.3, 0.4) is 0 Å². The van der Waals surface area contributed by atoms with Gasteiger partial charge in [-0.15, -0.1) is 0 Å². The summed E-state index contributed by atoms with van der Waals surface area (Å²) in [6.45, 7) is 6.96. The Hall–Kier alpha value is -0.830. The summed E-state index contributed by atoms with van der Waals surface area (Å²) in [5, 5.41) is 14.4. The lowest BCUT2D eigenvalue weighted by molar-refractivity contribution is 0.150. The van der Waals surface area contributed by atoms with Crippen molar-refractivity contribution in [2.45, 2.75) is 45.8 Å². The van der Waals surface area contributed by atoms with Gasteiger partial charge in [0.25, 0.3) is 0 Å². The standard InChI is InChI=1S/C10H16N2O/c1-4-12-8(3)9(7(2)11-12)10(13)5-6-10/h13H,4-6H2,1-3H3. The number of hydrogen-bond donors (Lipinski definition) is 1. The van der Waals surface area contributed by atoms with E-state index in [-0.39, 0.29) is 0 Å². The van der Waals surface area contributed by atoms with Gasteiger partial charge in [-0.1, -0.05) is 0 Å². The second-order valence-corrected chi connectivity index (χ2v) is 3.89. The van der Waals surface area contributed by atoms with Gasteiger partial charge in [-0.05, 0) is 33.6 Å². The van der Waals surface area contributed by atoms with Gasteiger partial charge >= 0.3 is 0 Å². The second kappa shape index (κ2) is 2.58. The number of nitrogens with zero attached hydrogens (tertiary/aromatic N) is 2. The van der Waals surface area contributed by atoms with Gasteiger partial charge in [0.05, 0.1) is 11.3 Å². The third kappa shape index (κ3) is 1.18. The third-order valence-corrected chi connectivity index (χ3v) is 2.87. The fourth-order valence-electron chi connectivity index (χ4n) is 2.05. The molecule has 0 atom stereocenters. The van der Waals surface area contributed by atoms with Crippen LogP contribution in [0.25, 0.3) is 0 Å². The van der Waals surface area contributed by atoms with Crippen LogP contribution in [0.5, 0.6) is 0 Å². The van der Waals surface area contributed by atoms with Gasteiger partial charge in [-0.2, -0.15) is 5.10 Å². The van der Waals surface area contributed by atoms with E-state index in [1.54, 1.807) is 0 Å². The van der Waals surface area contributed by atoms with Crippen molar-refractivity contribution in [1.82, 2.24) is 9.78 Å². The molecule has 1 N–H and O–H groups in total. The molecule has 1 fully saturated rings. The molecule has 1 aliphatic carbocycles. The number of aromatic nitrogens is 2. The van der Waals surface area contributed by atoms with Crippen LogP contribution in [-0.2, 0) is 12.1 Å². The lowest BCUT2D eigenvalue weighted by Gasteiger charge is -2.08. The first-order valence-corrected chi connectivity index (χ1v) is 4.85. The Bertz CT molecular complexity index is 337. The van der Waals surface area contributed by atoms with E-state index < -0.39 is 5.60 Å². The van der Waals surface area contributed by atoms with Gasteiger partial charge in [-0.3, -0.25) is 4.68 Å². The molecule has 0 bridgehead atoms. The summed E-state index contributed by atoms with van der Waals surface area (Å²) in [6.07, 6.45) is 1.79. The first kappa shape index (κ1) is 8.75. The average molecular weight is 180 g/mol. The molecule has 1 aliphatic rings. The van der Waals surface area contributed by atoms with Gasteiger partial charge in [0, 0.05) is 17.8 Å². The quantitative estimate of drug-likeness (QED) is 0.749. The Kier molecular flexibility index (Phi) is 1.74. The zero-order valence-electron chi connectivity index (χ0n) is 8.46. The molecule has 3 heteroatoms. The first-order chi connectivity index (χ1) is 6.08. The molecular weight excluding hydrogens is 164 g/mol. The molecule has 0 unspecified atom stereocenters. The Balaban J connectivity index is 2.50. The lowest BCUT2D eigenvalue weighted by atomic mass is 10.1. The zero-order chi connectivity index (χ0) is 9.64. The minimum atomic E-state index is -0.540. The highest BCUT2D eigenvalue weighted by Crippen LogP contribution is 2.47. The fourth-order valence-corrected chi connectivity index (χ4v) is 2.05. The molecule has 13 heavy (non-hydrogen) atoms. The van der Waals surface area contributed by atoms with Crippen LogP contribution >= 0.6 is 0 Å². The highest BCUT2D eigenvalue weighted by atomic mass is 16.3. The van der Waals surface area contributed by atoms with Crippen LogP contribution in [0.4, 0.5) is 0 Å². The number of rotatable bonds is 2. The molecule has 1 heterocycles. The second-order valence-electron chi connectivity index (χ2n) is 3.89. The Labute approximate surface area is 78.4 Å². The molecule has 0 aromatic carbocycles. The molecule has 3 nitrogen and oxygen atoms in total. The van der Waals surface area contributed by atoms with Gasteiger partial charge in [0.15, 0.2) is 0 Å². The first-order valence-electron chi connectivity index (χ1n) is 4.85. The Morgan fingerprint density at radius 3 is 2.46 bits per heavy atom. The summed E-state index contributed by atoms with van der Waals surface area (Å²) in [4.78, 5) is 0. The van der Waals surface area contributed by atoms with Gasteiger partial charge in [0.2, 0.25) is 0 Å². The maximum Gasteiger partial charge on any atom is 0.0934 e. The molecule has 0 radical (unpaired) electrons. The Morgan fingerprint density at radius 1 is 1.46 bits per heavy atom. The van der Waals surface area contributed by atoms with E-state index in [0.29, 0.717) is 0 Å². The summed E-state index contributed by atoms with van der Waals surface area (Å²) in [5.74, 6) is 0. The van der Waals surface area contributed by atoms with Gasteiger partial charge in [0.1, 0.15) is 0 Å². The highest BCUT2D eigenvalue weighted by molar-refractivity contribution is 5.35. The summed E-state index contributed by atoms with van der Waals surface area (Å²) < 4.78 is 1.96. The molecule has 1 saturated carbocycles. The van der Waals surface area contributed by atoms with Gasteiger partial charge in [-0.25, -0.2) is 0 Å². The topological polar surface area (TPSA) is 38.0 Å².